The molecule has 10 heterocycles. The van der Waals surface area contributed by atoms with E-state index in [0.717, 1.165) is 144 Å². The highest BCUT2D eigenvalue weighted by atomic mass is 16.4. The molecule has 0 radical (unpaired) electrons. The lowest BCUT2D eigenvalue weighted by atomic mass is 10.0. The lowest BCUT2D eigenvalue weighted by molar-refractivity contribution is -0.776. The molecule has 0 aliphatic carbocycles. The van der Waals surface area contributed by atoms with Gasteiger partial charge in [-0.3, -0.25) is 24.5 Å². The molecule has 0 amide bonds. The van der Waals surface area contributed by atoms with Crippen molar-refractivity contribution in [1.29, 1.82) is 0 Å². The summed E-state index contributed by atoms with van der Waals surface area (Å²) in [5, 5.41) is 11.1. The fraction of sp³-hybridized carbons (Fsp3) is 0.0282. The minimum Gasteiger partial charge on any atom is -0.442 e. The van der Waals surface area contributed by atoms with Crippen molar-refractivity contribution >= 4 is 54.4 Å². The second-order valence-corrected chi connectivity index (χ2v) is 20.9. The molecular formula is C71H46N11O2+. The first kappa shape index (κ1) is 48.3. The van der Waals surface area contributed by atoms with Crippen molar-refractivity contribution < 1.29 is 13.6 Å². The van der Waals surface area contributed by atoms with Gasteiger partial charge in [-0.1, -0.05) is 114 Å². The van der Waals surface area contributed by atoms with E-state index in [1.165, 1.54) is 0 Å². The summed E-state index contributed by atoms with van der Waals surface area (Å²) in [5.74, 6) is 1.63. The van der Waals surface area contributed by atoms with Gasteiger partial charge in [0.1, 0.15) is 17.3 Å². The number of fused-ring (bicyclic) bond motifs is 7. The number of rotatable bonds is 10. The molecule has 13 heteroatoms. The average Bonchev–Trinajstić information content (AvgIpc) is 4.38. The zero-order chi connectivity index (χ0) is 55.8. The molecule has 0 bridgehead atoms. The van der Waals surface area contributed by atoms with E-state index in [4.69, 9.17) is 48.8 Å². The molecule has 0 aliphatic rings. The van der Waals surface area contributed by atoms with Crippen LogP contribution in [0.3, 0.4) is 0 Å². The van der Waals surface area contributed by atoms with Gasteiger partial charge in [-0.25, -0.2) is 9.97 Å². The van der Waals surface area contributed by atoms with Crippen molar-refractivity contribution in [3.63, 3.8) is 0 Å². The van der Waals surface area contributed by atoms with E-state index >= 15 is 0 Å². The third-order valence-electron chi connectivity index (χ3n) is 15.6. The summed E-state index contributed by atoms with van der Waals surface area (Å²) >= 11 is 0. The van der Waals surface area contributed by atoms with Gasteiger partial charge in [0.2, 0.25) is 5.89 Å². The molecular weight excluding hydrogens is 1040 g/mol. The number of oxazole rings is 1. The maximum atomic E-state index is 6.31. The molecule has 0 fully saturated rings. The van der Waals surface area contributed by atoms with Crippen molar-refractivity contribution in [2.45, 2.75) is 13.8 Å². The minimum absolute atomic E-state index is 0.469. The van der Waals surface area contributed by atoms with Crippen LogP contribution in [0, 0.1) is 13.8 Å². The van der Waals surface area contributed by atoms with Gasteiger partial charge < -0.3 is 8.83 Å². The summed E-state index contributed by atoms with van der Waals surface area (Å²) in [7, 11) is 0. The van der Waals surface area contributed by atoms with Crippen LogP contribution in [0.5, 0.6) is 0 Å². The number of hydrogen-bond acceptors (Lipinski definition) is 10. The van der Waals surface area contributed by atoms with Gasteiger partial charge in [0, 0.05) is 91.1 Å². The van der Waals surface area contributed by atoms with Crippen molar-refractivity contribution in [3.05, 3.63) is 255 Å². The highest BCUT2D eigenvalue weighted by Crippen LogP contribution is 2.39. The van der Waals surface area contributed by atoms with E-state index in [1.54, 1.807) is 17.4 Å². The Morgan fingerprint density at radius 2 is 0.917 bits per heavy atom. The predicted molar refractivity (Wildman–Crippen MR) is 329 cm³/mol. The van der Waals surface area contributed by atoms with Crippen LogP contribution >= 0.6 is 0 Å². The third kappa shape index (κ3) is 8.29. The third-order valence-corrected chi connectivity index (χ3v) is 15.6. The maximum absolute atomic E-state index is 6.31. The molecule has 0 spiro atoms. The normalized spacial score (nSPS) is 11.7. The summed E-state index contributed by atoms with van der Waals surface area (Å²) in [6, 6.07) is 70.3. The molecule has 16 aromatic rings. The molecule has 10 aromatic heterocycles. The fourth-order valence-electron chi connectivity index (χ4n) is 11.6. The molecule has 0 saturated carbocycles. The van der Waals surface area contributed by atoms with E-state index < -0.39 is 0 Å². The van der Waals surface area contributed by atoms with Gasteiger partial charge in [0.05, 0.1) is 55.1 Å². The minimum atomic E-state index is 0.469. The van der Waals surface area contributed by atoms with Gasteiger partial charge in [0.25, 0.3) is 5.89 Å². The van der Waals surface area contributed by atoms with Crippen LogP contribution in [0.2, 0.25) is 0 Å². The summed E-state index contributed by atoms with van der Waals surface area (Å²) < 4.78 is 16.8. The summed E-state index contributed by atoms with van der Waals surface area (Å²) in [4.78, 5) is 36.3. The smallest absolute Gasteiger partial charge is 0.394 e. The Labute approximate surface area is 480 Å². The van der Waals surface area contributed by atoms with Gasteiger partial charge >= 0.3 is 6.39 Å². The Bertz CT molecular complexity index is 4930. The van der Waals surface area contributed by atoms with Crippen LogP contribution in [-0.2, 0) is 0 Å². The number of aryl methyl sites for hydroxylation is 2. The molecule has 396 valence electrons. The van der Waals surface area contributed by atoms with Crippen molar-refractivity contribution in [1.82, 2.24) is 49.2 Å². The quantitative estimate of drug-likeness (QED) is 0.121. The average molecular weight is 1090 g/mol. The first-order chi connectivity index (χ1) is 41.4. The van der Waals surface area contributed by atoms with E-state index in [2.05, 4.69) is 118 Å². The van der Waals surface area contributed by atoms with Crippen LogP contribution in [0.25, 0.3) is 151 Å². The van der Waals surface area contributed by atoms with Crippen molar-refractivity contribution in [2.24, 2.45) is 0 Å². The van der Waals surface area contributed by atoms with Crippen LogP contribution in [0.4, 0.5) is 0 Å². The molecule has 0 unspecified atom stereocenters. The van der Waals surface area contributed by atoms with Crippen LogP contribution in [-0.4, -0.2) is 49.2 Å². The van der Waals surface area contributed by atoms with Gasteiger partial charge in [0.15, 0.2) is 5.82 Å². The second kappa shape index (κ2) is 19.6. The highest BCUT2D eigenvalue weighted by molar-refractivity contribution is 6.11. The van der Waals surface area contributed by atoms with Crippen LogP contribution in [0.1, 0.15) is 11.4 Å². The molecule has 13 nitrogen and oxygen atoms in total. The number of nitrogens with zero attached hydrogens (tertiary/aromatic N) is 11. The predicted octanol–water partition coefficient (Wildman–Crippen LogP) is 15.9. The number of hydrogen-bond donors (Lipinski definition) is 0. The zero-order valence-corrected chi connectivity index (χ0v) is 45.3. The molecule has 0 atom stereocenters. The Balaban J connectivity index is 0.692. The van der Waals surface area contributed by atoms with Gasteiger partial charge in [-0.05, 0) is 133 Å². The summed E-state index contributed by atoms with van der Waals surface area (Å²) in [6.07, 6.45) is 10.9. The highest BCUT2D eigenvalue weighted by Gasteiger charge is 2.25. The zero-order valence-electron chi connectivity index (χ0n) is 45.3. The standard InChI is InChI=1S/C71H46N11O2/c1-43-33-65-57(39-74-43)55-37-49(59-19-9-21-61(76-59)68-53(17-11-31-72-68)45-13-5-3-6-14-45)27-29-63(55)81(65)67-41-83-70(78-67)51-25-23-48-36-52(26-24-47(48)35-51)71-79-80(42-84-71)82-64-30-28-50(38-56(64)58-40-75-44(2)34-66(58)82)60-20-10-22-62(77-60)69-54(18-12-32-73-69)46-15-7-4-8-16-46/h3-42H,1-2H3/q+1. The Kier molecular flexibility index (Phi) is 11.3. The SMILES string of the molecule is Cc1cc2c(cn1)c1cc(-c3cccc(-c4ncccc4-c4ccccc4)n3)ccc1n2-c1coc(-c2ccc3cc(-c4n[n+](-n5c6ccc(-c7cccc(-c8ncccc8-c8ccccc8)n7)cc6c6cnc(C)cc65)co4)ccc3c2)n1. The molecule has 0 saturated heterocycles. The topological polar surface area (TPSA) is 143 Å². The molecule has 16 rings (SSSR count). The fourth-order valence-corrected chi connectivity index (χ4v) is 11.6. The molecule has 0 N–H and O–H groups in total. The van der Waals surface area contributed by atoms with E-state index in [9.17, 15) is 0 Å². The van der Waals surface area contributed by atoms with Gasteiger partial charge in [-0.15, -0.1) is 0 Å². The summed E-state index contributed by atoms with van der Waals surface area (Å²) in [5.41, 5.74) is 18.4. The molecule has 84 heavy (non-hydrogen) atoms. The van der Waals surface area contributed by atoms with Crippen LogP contribution < -0.4 is 4.79 Å². The summed E-state index contributed by atoms with van der Waals surface area (Å²) in [6.45, 7) is 4.00. The van der Waals surface area contributed by atoms with E-state index in [1.807, 2.05) is 136 Å². The van der Waals surface area contributed by atoms with Crippen LogP contribution in [0.15, 0.2) is 253 Å². The monoisotopic (exact) mass is 1080 g/mol. The lowest BCUT2D eigenvalue weighted by Gasteiger charge is -2.10. The van der Waals surface area contributed by atoms with E-state index in [0.29, 0.717) is 17.6 Å². The first-order valence-corrected chi connectivity index (χ1v) is 27.6. The van der Waals surface area contributed by atoms with Gasteiger partial charge in [-0.2, -0.15) is 4.98 Å². The number of benzene rings is 6. The molecule has 0 aliphatic heterocycles. The van der Waals surface area contributed by atoms with Crippen molar-refractivity contribution in [2.75, 3.05) is 0 Å². The number of pyridine rings is 6. The largest absolute Gasteiger partial charge is 0.442 e. The van der Waals surface area contributed by atoms with E-state index in [-0.39, 0.29) is 0 Å². The van der Waals surface area contributed by atoms with Crippen molar-refractivity contribution in [3.8, 4) is 96.3 Å². The first-order valence-electron chi connectivity index (χ1n) is 27.6. The lowest BCUT2D eigenvalue weighted by Crippen LogP contribution is -2.42. The Morgan fingerprint density at radius 3 is 1.54 bits per heavy atom. The Hall–Kier alpha value is -11.6. The Morgan fingerprint density at radius 1 is 0.381 bits per heavy atom. The molecule has 6 aromatic carbocycles. The second-order valence-electron chi connectivity index (χ2n) is 20.9. The number of aromatic nitrogens is 11. The maximum Gasteiger partial charge on any atom is 0.394 e.